The van der Waals surface area contributed by atoms with Crippen LogP contribution in [0.25, 0.3) is 0 Å². The number of rotatable bonds is 4. The van der Waals surface area contributed by atoms with E-state index in [0.717, 1.165) is 0 Å². The molecule has 2 N–H and O–H groups in total. The third kappa shape index (κ3) is 31.9. The van der Waals surface area contributed by atoms with Crippen LogP contribution in [0.15, 0.2) is 0 Å². The molecule has 13 heavy (non-hydrogen) atoms. The molecule has 0 aromatic rings. The van der Waals surface area contributed by atoms with Crippen LogP contribution in [0, 0.1) is 0 Å². The molecule has 4 nitrogen and oxygen atoms in total. The van der Waals surface area contributed by atoms with Gasteiger partial charge in [-0.15, -0.1) is 0 Å². The van der Waals surface area contributed by atoms with Crippen molar-refractivity contribution in [1.82, 2.24) is 0 Å². The summed E-state index contributed by atoms with van der Waals surface area (Å²) in [5.41, 5.74) is 0. The number of alkyl halides is 2. The summed E-state index contributed by atoms with van der Waals surface area (Å²) in [4.78, 5) is 19.2. The van der Waals surface area contributed by atoms with Gasteiger partial charge in [0, 0.05) is 36.2 Å². The molecule has 0 fully saturated rings. The molecule has 74 valence electrons. The molecular weight excluding hydrogens is 502 g/mol. The van der Waals surface area contributed by atoms with Gasteiger partial charge in [-0.3, -0.25) is 9.59 Å². The van der Waals surface area contributed by atoms with Crippen molar-refractivity contribution in [2.24, 2.45) is 0 Å². The predicted octanol–water partition coefficient (Wildman–Crippen LogP) is 1.79. The van der Waals surface area contributed by atoms with Gasteiger partial charge in [0.1, 0.15) is 0 Å². The Labute approximate surface area is 124 Å². The van der Waals surface area contributed by atoms with Crippen LogP contribution < -0.4 is 0 Å². The first-order chi connectivity index (χ1) is 5.54. The Kier molecular flexibility index (Phi) is 24.1. The topological polar surface area (TPSA) is 74.6 Å². The Morgan fingerprint density at radius 3 is 1.15 bits per heavy atom. The van der Waals surface area contributed by atoms with Gasteiger partial charge in [-0.05, 0) is 0 Å². The maximum Gasteiger partial charge on any atom is 0.304 e. The molecule has 0 saturated heterocycles. The van der Waals surface area contributed by atoms with Gasteiger partial charge in [0.05, 0.1) is 12.8 Å². The molecule has 0 bridgehead atoms. The number of carbonyl (C=O) groups is 2. The number of carboxylic acids is 2. The summed E-state index contributed by atoms with van der Waals surface area (Å²) in [6, 6.07) is 0. The van der Waals surface area contributed by atoms with E-state index in [4.69, 9.17) is 10.2 Å². The van der Waals surface area contributed by atoms with Crippen LogP contribution in [0.1, 0.15) is 12.8 Å². The third-order valence-electron chi connectivity index (χ3n) is 0.617. The number of hydrogen-bond donors (Lipinski definition) is 2. The molecule has 0 heterocycles. The second kappa shape index (κ2) is 15.8. The summed E-state index contributed by atoms with van der Waals surface area (Å²) in [6.07, 6.45) is 0.557. The van der Waals surface area contributed by atoms with Crippen molar-refractivity contribution < 1.29 is 47.1 Å². The smallest absolute Gasteiger partial charge is 0.304 e. The maximum absolute atomic E-state index is 9.59. The van der Waals surface area contributed by atoms with E-state index in [0.29, 0.717) is 8.86 Å². The van der Waals surface area contributed by atoms with Crippen LogP contribution in [0.5, 0.6) is 0 Å². The van der Waals surface area contributed by atoms with Crippen LogP contribution in [0.2, 0.25) is 0 Å². The van der Waals surface area contributed by atoms with E-state index in [-0.39, 0.29) is 40.1 Å². The molecule has 7 heteroatoms. The van der Waals surface area contributed by atoms with E-state index in [9.17, 15) is 9.59 Å². The van der Waals surface area contributed by atoms with Crippen LogP contribution in [-0.4, -0.2) is 31.0 Å². The Morgan fingerprint density at radius 2 is 1.15 bits per heavy atom. The van der Waals surface area contributed by atoms with Crippen molar-refractivity contribution in [1.29, 1.82) is 0 Å². The summed E-state index contributed by atoms with van der Waals surface area (Å²) in [7, 11) is 0. The number of halogens is 2. The van der Waals surface area contributed by atoms with Gasteiger partial charge in [-0.25, -0.2) is 0 Å². The molecule has 0 aliphatic rings. The Balaban J connectivity index is -0.000000143. The van der Waals surface area contributed by atoms with Crippen LogP contribution in [0.4, 0.5) is 0 Å². The molecule has 0 aromatic heterocycles. The van der Waals surface area contributed by atoms with Crippen molar-refractivity contribution in [3.8, 4) is 0 Å². The van der Waals surface area contributed by atoms with Crippen LogP contribution >= 0.6 is 45.2 Å². The fourth-order valence-corrected chi connectivity index (χ4v) is 1.08. The van der Waals surface area contributed by atoms with E-state index in [1.807, 2.05) is 45.2 Å². The molecule has 0 atom stereocenters. The second-order valence-corrected chi connectivity index (χ2v) is 3.82. The maximum atomic E-state index is 9.59. The Morgan fingerprint density at radius 1 is 0.923 bits per heavy atom. The van der Waals surface area contributed by atoms with Gasteiger partial charge in [0.2, 0.25) is 0 Å². The fraction of sp³-hybridized carbons (Fsp3) is 0.667. The first-order valence-corrected chi connectivity index (χ1v) is 6.15. The van der Waals surface area contributed by atoms with Gasteiger partial charge in [0.25, 0.3) is 0 Å². The van der Waals surface area contributed by atoms with E-state index in [1.54, 1.807) is 0 Å². The molecule has 0 aromatic carbocycles. The van der Waals surface area contributed by atoms with Crippen molar-refractivity contribution >= 4 is 57.1 Å². The van der Waals surface area contributed by atoms with Gasteiger partial charge >= 0.3 is 11.9 Å². The number of aliphatic carboxylic acids is 2. The molecule has 0 spiro atoms. The van der Waals surface area contributed by atoms with E-state index >= 15 is 0 Å². The molecule has 0 saturated carbocycles. The second-order valence-electron chi connectivity index (χ2n) is 1.67. The third-order valence-corrected chi connectivity index (χ3v) is 1.70. The minimum Gasteiger partial charge on any atom is -0.481 e. The van der Waals surface area contributed by atoms with Gasteiger partial charge < -0.3 is 10.2 Å². The molecule has 0 rings (SSSR count). The molecule has 0 unspecified atom stereocenters. The average Bonchev–Trinajstić information content (AvgIpc) is 1.87. The van der Waals surface area contributed by atoms with E-state index < -0.39 is 11.9 Å². The summed E-state index contributed by atoms with van der Waals surface area (Å²) in [6.45, 7) is 0. The normalized spacial score (nSPS) is 7.54. The molecule has 0 aliphatic carbocycles. The number of carboxylic acid groups (broad SMARTS) is 2. The fourth-order valence-electron chi connectivity index (χ4n) is 0.162. The largest absolute Gasteiger partial charge is 0.481 e. The van der Waals surface area contributed by atoms with Gasteiger partial charge in [0.15, 0.2) is 0 Å². The Bertz CT molecular complexity index is 127. The van der Waals surface area contributed by atoms with Crippen LogP contribution in [0.3, 0.4) is 0 Å². The molecule has 0 radical (unpaired) electrons. The summed E-state index contributed by atoms with van der Waals surface area (Å²) >= 11 is 4.04. The molecular formula is C6H10CdI2O4. The number of hydrogen-bond acceptors (Lipinski definition) is 2. The first kappa shape index (κ1) is 19.8. The summed E-state index contributed by atoms with van der Waals surface area (Å²) < 4.78 is 1.40. The SMILES string of the molecule is O=C(O)CCI.O=C(O)CCI.[Cd]. The quantitative estimate of drug-likeness (QED) is 0.343. The van der Waals surface area contributed by atoms with Gasteiger partial charge in [-0.2, -0.15) is 0 Å². The van der Waals surface area contributed by atoms with E-state index in [1.165, 1.54) is 0 Å². The van der Waals surface area contributed by atoms with Crippen molar-refractivity contribution in [2.75, 3.05) is 8.86 Å². The van der Waals surface area contributed by atoms with Crippen molar-refractivity contribution in [3.05, 3.63) is 0 Å². The van der Waals surface area contributed by atoms with Gasteiger partial charge in [-0.1, -0.05) is 45.2 Å². The average molecular weight is 512 g/mol. The first-order valence-electron chi connectivity index (χ1n) is 3.10. The molecule has 0 aliphatic heterocycles. The monoisotopic (exact) mass is 514 g/mol. The molecule has 0 amide bonds. The minimum atomic E-state index is -0.718. The summed E-state index contributed by atoms with van der Waals surface area (Å²) in [5, 5.41) is 15.8. The summed E-state index contributed by atoms with van der Waals surface area (Å²) in [5.74, 6) is -1.44. The Hall–Kier alpha value is 1.32. The zero-order valence-corrected chi connectivity index (χ0v) is 15.4. The van der Waals surface area contributed by atoms with Crippen LogP contribution in [-0.2, 0) is 36.9 Å². The zero-order chi connectivity index (χ0) is 9.98. The van der Waals surface area contributed by atoms with Crippen molar-refractivity contribution in [3.63, 3.8) is 0 Å². The predicted molar refractivity (Wildman–Crippen MR) is 62.3 cm³/mol. The van der Waals surface area contributed by atoms with E-state index in [2.05, 4.69) is 0 Å². The zero-order valence-electron chi connectivity index (χ0n) is 7.00. The minimum absolute atomic E-state index is 0. The van der Waals surface area contributed by atoms with Crippen molar-refractivity contribution in [2.45, 2.75) is 12.8 Å². The standard InChI is InChI=1S/2C3H5IO2.Cd/c2*4-2-1-3(5)6;/h2*1-2H2,(H,5,6);.